The molecule has 2 aromatic rings. The van der Waals surface area contributed by atoms with Crippen molar-refractivity contribution in [2.75, 3.05) is 5.32 Å². The van der Waals surface area contributed by atoms with Crippen molar-refractivity contribution in [1.29, 1.82) is 5.26 Å². The molecule has 1 aromatic heterocycles. The Balaban J connectivity index is 1.72. The van der Waals surface area contributed by atoms with Crippen molar-refractivity contribution in [1.82, 2.24) is 4.98 Å². The van der Waals surface area contributed by atoms with Crippen molar-refractivity contribution >= 4 is 39.9 Å². The third kappa shape index (κ3) is 4.03. The molecule has 0 aliphatic heterocycles. The number of carbonyl (C=O) groups excluding carboxylic acids is 1. The number of anilines is 1. The average Bonchev–Trinajstić information content (AvgIpc) is 3.04. The maximum atomic E-state index is 12.4. The first-order chi connectivity index (χ1) is 12.5. The van der Waals surface area contributed by atoms with Crippen LogP contribution in [0.15, 0.2) is 24.3 Å². The van der Waals surface area contributed by atoms with Gasteiger partial charge >= 0.3 is 5.97 Å². The second-order valence-electron chi connectivity index (χ2n) is 6.19. The third-order valence-electron chi connectivity index (χ3n) is 4.50. The van der Waals surface area contributed by atoms with Crippen LogP contribution in [0.3, 0.4) is 0 Å². The van der Waals surface area contributed by atoms with Gasteiger partial charge in [0.25, 0.3) is 0 Å². The maximum absolute atomic E-state index is 12.4. The number of benzene rings is 1. The number of amides is 1. The van der Waals surface area contributed by atoms with Crippen LogP contribution in [-0.2, 0) is 9.59 Å². The van der Waals surface area contributed by atoms with Gasteiger partial charge in [0.05, 0.1) is 5.92 Å². The minimum absolute atomic E-state index is 0.176. The molecule has 0 spiro atoms. The molecule has 3 rings (SSSR count). The largest absolute Gasteiger partial charge is 0.481 e. The van der Waals surface area contributed by atoms with E-state index in [0.717, 1.165) is 11.3 Å². The van der Waals surface area contributed by atoms with Crippen molar-refractivity contribution in [3.05, 3.63) is 34.2 Å². The summed E-state index contributed by atoms with van der Waals surface area (Å²) in [7, 11) is 0. The predicted molar refractivity (Wildman–Crippen MR) is 99.0 cm³/mol. The van der Waals surface area contributed by atoms with Gasteiger partial charge in [-0.2, -0.15) is 5.26 Å². The normalized spacial score (nSPS) is 19.5. The molecule has 1 aliphatic carbocycles. The zero-order valence-electron chi connectivity index (χ0n) is 13.7. The summed E-state index contributed by atoms with van der Waals surface area (Å²) in [5.41, 5.74) is 1.21. The molecule has 1 amide bonds. The Morgan fingerprint density at radius 2 is 1.96 bits per heavy atom. The summed E-state index contributed by atoms with van der Waals surface area (Å²) < 4.78 is 0. The number of hydrogen-bond acceptors (Lipinski definition) is 5. The van der Waals surface area contributed by atoms with Gasteiger partial charge in [-0.25, -0.2) is 4.98 Å². The number of thiazole rings is 1. The zero-order chi connectivity index (χ0) is 18.7. The van der Waals surface area contributed by atoms with Gasteiger partial charge in [-0.05, 0) is 37.8 Å². The molecule has 2 N–H and O–H groups in total. The second kappa shape index (κ2) is 7.85. The summed E-state index contributed by atoms with van der Waals surface area (Å²) in [4.78, 5) is 28.2. The highest BCUT2D eigenvalue weighted by molar-refractivity contribution is 7.16. The van der Waals surface area contributed by atoms with Crippen LogP contribution < -0.4 is 5.32 Å². The van der Waals surface area contributed by atoms with Crippen LogP contribution in [0.2, 0.25) is 5.02 Å². The van der Waals surface area contributed by atoms with Gasteiger partial charge in [-0.3, -0.25) is 9.59 Å². The summed E-state index contributed by atoms with van der Waals surface area (Å²) in [6.45, 7) is 0. The van der Waals surface area contributed by atoms with E-state index < -0.39 is 5.97 Å². The highest BCUT2D eigenvalue weighted by Crippen LogP contribution is 2.33. The molecule has 0 atom stereocenters. The van der Waals surface area contributed by atoms with Crippen molar-refractivity contribution in [2.45, 2.75) is 25.7 Å². The molecule has 0 unspecified atom stereocenters. The molecule has 0 bridgehead atoms. The van der Waals surface area contributed by atoms with Gasteiger partial charge in [-0.15, -0.1) is 0 Å². The Morgan fingerprint density at radius 1 is 1.27 bits per heavy atom. The van der Waals surface area contributed by atoms with Gasteiger partial charge in [0, 0.05) is 16.5 Å². The van der Waals surface area contributed by atoms with Crippen LogP contribution in [0.5, 0.6) is 0 Å². The molecule has 0 radical (unpaired) electrons. The number of aliphatic carboxylic acids is 1. The number of nitrogens with zero attached hydrogens (tertiary/aromatic N) is 2. The monoisotopic (exact) mass is 389 g/mol. The number of nitriles is 1. The lowest BCUT2D eigenvalue weighted by Gasteiger charge is -2.24. The van der Waals surface area contributed by atoms with E-state index in [1.807, 2.05) is 0 Å². The lowest BCUT2D eigenvalue weighted by molar-refractivity contribution is -0.143. The Labute approximate surface area is 159 Å². The second-order valence-corrected chi connectivity index (χ2v) is 7.63. The molecule has 1 fully saturated rings. The molecular weight excluding hydrogens is 374 g/mol. The fraction of sp³-hybridized carbons (Fsp3) is 0.333. The molecule has 6 nitrogen and oxygen atoms in total. The molecule has 1 aliphatic rings. The average molecular weight is 390 g/mol. The molecule has 8 heteroatoms. The predicted octanol–water partition coefficient (Wildman–Crippen LogP) is 4.16. The zero-order valence-corrected chi connectivity index (χ0v) is 15.3. The van der Waals surface area contributed by atoms with Crippen LogP contribution in [0, 0.1) is 23.2 Å². The molecule has 1 heterocycles. The molecular formula is C18H16ClN3O3S. The van der Waals surface area contributed by atoms with E-state index in [1.54, 1.807) is 24.3 Å². The lowest BCUT2D eigenvalue weighted by atomic mass is 9.81. The van der Waals surface area contributed by atoms with E-state index in [-0.39, 0.29) is 17.7 Å². The Kier molecular flexibility index (Phi) is 5.55. The van der Waals surface area contributed by atoms with Crippen molar-refractivity contribution in [3.63, 3.8) is 0 Å². The number of nitrogens with one attached hydrogen (secondary N) is 1. The number of carbonyl (C=O) groups is 2. The number of aromatic nitrogens is 1. The van der Waals surface area contributed by atoms with E-state index in [1.165, 1.54) is 0 Å². The number of carboxylic acids is 1. The third-order valence-corrected chi connectivity index (χ3v) is 5.61. The lowest BCUT2D eigenvalue weighted by Crippen LogP contribution is -2.29. The van der Waals surface area contributed by atoms with E-state index >= 15 is 0 Å². The molecule has 26 heavy (non-hydrogen) atoms. The van der Waals surface area contributed by atoms with Crippen LogP contribution in [-0.4, -0.2) is 22.0 Å². The summed E-state index contributed by atoms with van der Waals surface area (Å²) >= 11 is 7.11. The summed E-state index contributed by atoms with van der Waals surface area (Å²) in [5, 5.41) is 22.1. The number of halogens is 1. The minimum atomic E-state index is -0.798. The van der Waals surface area contributed by atoms with Crippen LogP contribution in [0.1, 0.15) is 30.6 Å². The van der Waals surface area contributed by atoms with Gasteiger partial charge in [-0.1, -0.05) is 35.1 Å². The molecule has 1 saturated carbocycles. The van der Waals surface area contributed by atoms with E-state index in [2.05, 4.69) is 16.4 Å². The first-order valence-corrected chi connectivity index (χ1v) is 9.38. The molecule has 134 valence electrons. The number of carboxylic acid groups (broad SMARTS) is 1. The Morgan fingerprint density at radius 3 is 2.58 bits per heavy atom. The van der Waals surface area contributed by atoms with Crippen molar-refractivity contribution in [2.24, 2.45) is 11.8 Å². The van der Waals surface area contributed by atoms with Crippen molar-refractivity contribution < 1.29 is 14.7 Å². The van der Waals surface area contributed by atoms with Crippen molar-refractivity contribution in [3.8, 4) is 17.3 Å². The summed E-state index contributed by atoms with van der Waals surface area (Å²) in [6.07, 6.45) is 2.09. The SMILES string of the molecule is N#Cc1sc(NC(=O)C2CCC(C(=O)O)CC2)nc1-c1cccc(Cl)c1. The van der Waals surface area contributed by atoms with E-state index in [4.69, 9.17) is 16.7 Å². The molecule has 0 saturated heterocycles. The van der Waals surface area contributed by atoms with Gasteiger partial charge in [0.1, 0.15) is 16.6 Å². The summed E-state index contributed by atoms with van der Waals surface area (Å²) in [6, 6.07) is 9.14. The van der Waals surface area contributed by atoms with Crippen LogP contribution >= 0.6 is 22.9 Å². The van der Waals surface area contributed by atoms with Gasteiger partial charge < -0.3 is 10.4 Å². The fourth-order valence-electron chi connectivity index (χ4n) is 3.09. The smallest absolute Gasteiger partial charge is 0.306 e. The Hall–Kier alpha value is -2.43. The molecule has 1 aromatic carbocycles. The number of rotatable bonds is 4. The van der Waals surface area contributed by atoms with Gasteiger partial charge in [0.2, 0.25) is 5.91 Å². The van der Waals surface area contributed by atoms with E-state index in [9.17, 15) is 14.9 Å². The van der Waals surface area contributed by atoms with Crippen LogP contribution in [0.25, 0.3) is 11.3 Å². The quantitative estimate of drug-likeness (QED) is 0.816. The maximum Gasteiger partial charge on any atom is 0.306 e. The standard InChI is InChI=1S/C18H16ClN3O3S/c19-13-3-1-2-12(8-13)15-14(9-20)26-18(21-15)22-16(23)10-4-6-11(7-5-10)17(24)25/h1-3,8,10-11H,4-7H2,(H,24,25)(H,21,22,23). The van der Waals surface area contributed by atoms with Crippen LogP contribution in [0.4, 0.5) is 5.13 Å². The first kappa shape index (κ1) is 18.4. The Bertz CT molecular complexity index is 882. The first-order valence-electron chi connectivity index (χ1n) is 8.18. The topological polar surface area (TPSA) is 103 Å². The fourth-order valence-corrected chi connectivity index (χ4v) is 4.07. The summed E-state index contributed by atoms with van der Waals surface area (Å²) in [5.74, 6) is -1.56. The van der Waals surface area contributed by atoms with Gasteiger partial charge in [0.15, 0.2) is 5.13 Å². The van der Waals surface area contributed by atoms with E-state index in [0.29, 0.717) is 52.0 Å². The highest BCUT2D eigenvalue weighted by Gasteiger charge is 2.30. The number of hydrogen-bond donors (Lipinski definition) is 2. The minimum Gasteiger partial charge on any atom is -0.481 e. The highest BCUT2D eigenvalue weighted by atomic mass is 35.5.